The van der Waals surface area contributed by atoms with E-state index in [1.165, 1.54) is 11.1 Å². The van der Waals surface area contributed by atoms with Crippen molar-refractivity contribution in [3.8, 4) is 0 Å². The van der Waals surface area contributed by atoms with Gasteiger partial charge in [0.25, 0.3) is 5.91 Å². The van der Waals surface area contributed by atoms with Crippen LogP contribution in [0.5, 0.6) is 0 Å². The monoisotopic (exact) mass is 232 g/mol. The molecule has 0 atom stereocenters. The fourth-order valence-electron chi connectivity index (χ4n) is 2.01. The summed E-state index contributed by atoms with van der Waals surface area (Å²) in [4.78, 5) is 11.9. The summed E-state index contributed by atoms with van der Waals surface area (Å²) >= 11 is 0. The first-order chi connectivity index (χ1) is 8.16. The Labute approximate surface area is 103 Å². The Kier molecular flexibility index (Phi) is 3.79. The van der Waals surface area contributed by atoms with Crippen LogP contribution in [0.25, 0.3) is 0 Å². The number of nitrogens with one attached hydrogen (secondary N) is 2. The van der Waals surface area contributed by atoms with Crippen LogP contribution in [0, 0.1) is 5.92 Å². The third-order valence-corrected chi connectivity index (χ3v) is 3.11. The molecule has 17 heavy (non-hydrogen) atoms. The first kappa shape index (κ1) is 12.1. The zero-order valence-corrected chi connectivity index (χ0v) is 10.5. The number of rotatable bonds is 4. The topological polar surface area (TPSA) is 41.1 Å². The summed E-state index contributed by atoms with van der Waals surface area (Å²) in [5, 5.41) is 6.24. The van der Waals surface area contributed by atoms with Gasteiger partial charge < -0.3 is 10.6 Å². The lowest BCUT2D eigenvalue weighted by Crippen LogP contribution is -2.25. The second-order valence-corrected chi connectivity index (χ2v) is 5.03. The minimum Gasteiger partial charge on any atom is -0.352 e. The molecule has 0 spiro atoms. The molecule has 0 aliphatic carbocycles. The van der Waals surface area contributed by atoms with E-state index in [0.29, 0.717) is 5.92 Å². The largest absolute Gasteiger partial charge is 0.352 e. The summed E-state index contributed by atoms with van der Waals surface area (Å²) in [5.74, 6) is 0.667. The zero-order valence-electron chi connectivity index (χ0n) is 10.5. The van der Waals surface area contributed by atoms with Crippen LogP contribution in [-0.4, -0.2) is 12.5 Å². The van der Waals surface area contributed by atoms with Crippen LogP contribution in [0.15, 0.2) is 18.2 Å². The van der Waals surface area contributed by atoms with E-state index in [1.54, 1.807) is 0 Å². The molecule has 2 rings (SSSR count). The minimum absolute atomic E-state index is 0.0420. The molecule has 0 aromatic heterocycles. The molecule has 1 amide bonds. The van der Waals surface area contributed by atoms with Crippen molar-refractivity contribution in [2.75, 3.05) is 6.54 Å². The second kappa shape index (κ2) is 5.32. The van der Waals surface area contributed by atoms with Gasteiger partial charge in [0.05, 0.1) is 0 Å². The van der Waals surface area contributed by atoms with E-state index < -0.39 is 0 Å². The number of benzene rings is 1. The molecule has 2 N–H and O–H groups in total. The molecule has 3 nitrogen and oxygen atoms in total. The maximum Gasteiger partial charge on any atom is 0.251 e. The van der Waals surface area contributed by atoms with Crippen LogP contribution in [0.1, 0.15) is 41.8 Å². The Balaban J connectivity index is 1.95. The third kappa shape index (κ3) is 3.07. The average molecular weight is 232 g/mol. The summed E-state index contributed by atoms with van der Waals surface area (Å²) in [6.45, 7) is 6.87. The van der Waals surface area contributed by atoms with E-state index in [2.05, 4.69) is 24.5 Å². The number of fused-ring (bicyclic) bond motifs is 1. The number of carbonyl (C=O) groups excluding carboxylic acids is 1. The van der Waals surface area contributed by atoms with Crippen molar-refractivity contribution in [2.24, 2.45) is 5.92 Å². The van der Waals surface area contributed by atoms with Gasteiger partial charge in [0.15, 0.2) is 0 Å². The fourth-order valence-corrected chi connectivity index (χ4v) is 2.01. The molecule has 1 aromatic carbocycles. The fraction of sp³-hybridized carbons (Fsp3) is 0.500. The van der Waals surface area contributed by atoms with Gasteiger partial charge in [-0.05, 0) is 35.6 Å². The number of hydrogen-bond acceptors (Lipinski definition) is 2. The van der Waals surface area contributed by atoms with Crippen LogP contribution in [0.3, 0.4) is 0 Å². The highest BCUT2D eigenvalue weighted by atomic mass is 16.1. The van der Waals surface area contributed by atoms with Crippen LogP contribution in [0.4, 0.5) is 0 Å². The smallest absolute Gasteiger partial charge is 0.251 e. The van der Waals surface area contributed by atoms with Crippen molar-refractivity contribution in [1.29, 1.82) is 0 Å². The van der Waals surface area contributed by atoms with Gasteiger partial charge in [-0.25, -0.2) is 0 Å². The molecule has 0 saturated carbocycles. The van der Waals surface area contributed by atoms with Crippen molar-refractivity contribution < 1.29 is 4.79 Å². The number of amides is 1. The Morgan fingerprint density at radius 1 is 1.35 bits per heavy atom. The molecule has 0 saturated heterocycles. The average Bonchev–Trinajstić information content (AvgIpc) is 2.75. The molecule has 0 fully saturated rings. The van der Waals surface area contributed by atoms with E-state index in [-0.39, 0.29) is 5.91 Å². The Bertz CT molecular complexity index is 413. The van der Waals surface area contributed by atoms with Gasteiger partial charge in [-0.3, -0.25) is 4.79 Å². The van der Waals surface area contributed by atoms with Gasteiger partial charge in [0, 0.05) is 25.2 Å². The first-order valence-corrected chi connectivity index (χ1v) is 6.27. The molecular weight excluding hydrogens is 212 g/mol. The molecular formula is C14H20N2O. The molecule has 1 aliphatic heterocycles. The molecule has 0 radical (unpaired) electrons. The van der Waals surface area contributed by atoms with Crippen LogP contribution < -0.4 is 10.6 Å². The Morgan fingerprint density at radius 2 is 2.12 bits per heavy atom. The highest BCUT2D eigenvalue weighted by Crippen LogP contribution is 2.16. The lowest BCUT2D eigenvalue weighted by atomic mass is 10.1. The van der Waals surface area contributed by atoms with Crippen molar-refractivity contribution in [3.63, 3.8) is 0 Å². The van der Waals surface area contributed by atoms with Gasteiger partial charge >= 0.3 is 0 Å². The Hall–Kier alpha value is -1.35. The summed E-state index contributed by atoms with van der Waals surface area (Å²) < 4.78 is 0. The predicted octanol–water partition coefficient (Wildman–Crippen LogP) is 2.07. The maximum atomic E-state index is 11.9. The Morgan fingerprint density at radius 3 is 2.88 bits per heavy atom. The molecule has 0 bridgehead atoms. The lowest BCUT2D eigenvalue weighted by molar-refractivity contribution is 0.0952. The standard InChI is InChI=1S/C14H20N2O/c1-10(2)5-6-16-14(17)11-3-4-12-8-15-9-13(12)7-11/h3-4,7,10,15H,5-6,8-9H2,1-2H3,(H,16,17). The maximum absolute atomic E-state index is 11.9. The van der Waals surface area contributed by atoms with E-state index in [9.17, 15) is 4.79 Å². The highest BCUT2D eigenvalue weighted by molar-refractivity contribution is 5.94. The first-order valence-electron chi connectivity index (χ1n) is 6.27. The van der Waals surface area contributed by atoms with Gasteiger partial charge in [-0.15, -0.1) is 0 Å². The van der Waals surface area contributed by atoms with E-state index in [0.717, 1.165) is 31.6 Å². The van der Waals surface area contributed by atoms with Crippen molar-refractivity contribution in [3.05, 3.63) is 34.9 Å². The molecule has 1 heterocycles. The van der Waals surface area contributed by atoms with Crippen LogP contribution in [-0.2, 0) is 13.1 Å². The summed E-state index contributed by atoms with van der Waals surface area (Å²) in [6, 6.07) is 5.96. The van der Waals surface area contributed by atoms with E-state index >= 15 is 0 Å². The predicted molar refractivity (Wildman–Crippen MR) is 68.8 cm³/mol. The zero-order chi connectivity index (χ0) is 12.3. The molecule has 1 aliphatic rings. The molecule has 1 aromatic rings. The SMILES string of the molecule is CC(C)CCNC(=O)c1ccc2c(c1)CNC2. The quantitative estimate of drug-likeness (QED) is 0.834. The van der Waals surface area contributed by atoms with Gasteiger partial charge in [-0.2, -0.15) is 0 Å². The summed E-state index contributed by atoms with van der Waals surface area (Å²) in [6.07, 6.45) is 1.03. The van der Waals surface area contributed by atoms with Gasteiger partial charge in [-0.1, -0.05) is 19.9 Å². The third-order valence-electron chi connectivity index (χ3n) is 3.11. The summed E-state index contributed by atoms with van der Waals surface area (Å²) in [7, 11) is 0. The normalized spacial score (nSPS) is 13.8. The molecule has 3 heteroatoms. The number of carbonyl (C=O) groups is 1. The molecule has 0 unspecified atom stereocenters. The van der Waals surface area contributed by atoms with Crippen LogP contribution >= 0.6 is 0 Å². The minimum atomic E-state index is 0.0420. The second-order valence-electron chi connectivity index (χ2n) is 5.03. The van der Waals surface area contributed by atoms with E-state index in [1.807, 2.05) is 18.2 Å². The lowest BCUT2D eigenvalue weighted by Gasteiger charge is -2.08. The van der Waals surface area contributed by atoms with Gasteiger partial charge in [0.2, 0.25) is 0 Å². The van der Waals surface area contributed by atoms with Crippen LogP contribution in [0.2, 0.25) is 0 Å². The summed E-state index contributed by atoms with van der Waals surface area (Å²) in [5.41, 5.74) is 3.33. The molecule has 92 valence electrons. The van der Waals surface area contributed by atoms with Crippen molar-refractivity contribution in [2.45, 2.75) is 33.4 Å². The van der Waals surface area contributed by atoms with Crippen molar-refractivity contribution in [1.82, 2.24) is 10.6 Å². The van der Waals surface area contributed by atoms with Gasteiger partial charge in [0.1, 0.15) is 0 Å². The number of hydrogen-bond donors (Lipinski definition) is 2. The highest BCUT2D eigenvalue weighted by Gasteiger charge is 2.13. The van der Waals surface area contributed by atoms with Crippen molar-refractivity contribution >= 4 is 5.91 Å². The van der Waals surface area contributed by atoms with E-state index in [4.69, 9.17) is 0 Å².